The molecule has 118 valence electrons. The Kier molecular flexibility index (Phi) is 6.53. The van der Waals surface area contributed by atoms with Gasteiger partial charge in [0, 0.05) is 12.6 Å². The standard InChI is InChI=1S/C12H19N3O5S/c1-3-6-14-7-8-20-12-5-4-10(21(18,19)13-2)9-11(12)15(16)17/h4-5,9,13-14H,3,6-8H2,1-2H3. The average molecular weight is 317 g/mol. The van der Waals surface area contributed by atoms with Gasteiger partial charge in [-0.1, -0.05) is 6.92 Å². The highest BCUT2D eigenvalue weighted by molar-refractivity contribution is 7.89. The van der Waals surface area contributed by atoms with Gasteiger partial charge in [-0.25, -0.2) is 13.1 Å². The first-order valence-corrected chi connectivity index (χ1v) is 7.96. The molecule has 0 aliphatic rings. The maximum atomic E-state index is 11.6. The molecule has 0 spiro atoms. The molecular formula is C12H19N3O5S. The number of hydrogen-bond donors (Lipinski definition) is 2. The lowest BCUT2D eigenvalue weighted by Gasteiger charge is -2.09. The van der Waals surface area contributed by atoms with Crippen molar-refractivity contribution in [3.63, 3.8) is 0 Å². The SMILES string of the molecule is CCCNCCOc1ccc(S(=O)(=O)NC)cc1[N+](=O)[O-]. The molecule has 2 N–H and O–H groups in total. The fraction of sp³-hybridized carbons (Fsp3) is 0.500. The van der Waals surface area contributed by atoms with Gasteiger partial charge in [-0.2, -0.15) is 0 Å². The number of sulfonamides is 1. The van der Waals surface area contributed by atoms with E-state index in [0.29, 0.717) is 6.54 Å². The second kappa shape index (κ2) is 7.91. The fourth-order valence-corrected chi connectivity index (χ4v) is 2.33. The number of nitrogens with one attached hydrogen (secondary N) is 2. The van der Waals surface area contributed by atoms with Gasteiger partial charge in [-0.05, 0) is 32.1 Å². The largest absolute Gasteiger partial charge is 0.485 e. The first-order valence-electron chi connectivity index (χ1n) is 6.48. The van der Waals surface area contributed by atoms with Gasteiger partial charge in [0.25, 0.3) is 0 Å². The number of nitro groups is 1. The van der Waals surface area contributed by atoms with E-state index in [0.717, 1.165) is 19.0 Å². The summed E-state index contributed by atoms with van der Waals surface area (Å²) >= 11 is 0. The van der Waals surface area contributed by atoms with Gasteiger partial charge < -0.3 is 10.1 Å². The number of nitro benzene ring substituents is 1. The minimum Gasteiger partial charge on any atom is -0.485 e. The van der Waals surface area contributed by atoms with Gasteiger partial charge in [-0.15, -0.1) is 0 Å². The molecule has 8 nitrogen and oxygen atoms in total. The van der Waals surface area contributed by atoms with Crippen molar-refractivity contribution in [3.8, 4) is 5.75 Å². The van der Waals surface area contributed by atoms with Crippen molar-refractivity contribution in [1.29, 1.82) is 0 Å². The lowest BCUT2D eigenvalue weighted by molar-refractivity contribution is -0.386. The molecular weight excluding hydrogens is 298 g/mol. The van der Waals surface area contributed by atoms with Crippen LogP contribution in [0.3, 0.4) is 0 Å². The second-order valence-electron chi connectivity index (χ2n) is 4.19. The Morgan fingerprint density at radius 3 is 2.62 bits per heavy atom. The third kappa shape index (κ3) is 4.96. The lowest BCUT2D eigenvalue weighted by atomic mass is 10.3. The average Bonchev–Trinajstić information content (AvgIpc) is 2.46. The smallest absolute Gasteiger partial charge is 0.312 e. The van der Waals surface area contributed by atoms with Crippen molar-refractivity contribution in [2.75, 3.05) is 26.7 Å². The molecule has 21 heavy (non-hydrogen) atoms. The van der Waals surface area contributed by atoms with Crippen molar-refractivity contribution in [2.45, 2.75) is 18.2 Å². The Labute approximate surface area is 123 Å². The quantitative estimate of drug-likeness (QED) is 0.397. The normalized spacial score (nSPS) is 11.3. The molecule has 0 fully saturated rings. The molecule has 0 unspecified atom stereocenters. The van der Waals surface area contributed by atoms with Crippen LogP contribution in [0.2, 0.25) is 0 Å². The van der Waals surface area contributed by atoms with Crippen LogP contribution in [0.15, 0.2) is 23.1 Å². The zero-order valence-electron chi connectivity index (χ0n) is 12.0. The summed E-state index contributed by atoms with van der Waals surface area (Å²) in [5, 5.41) is 14.1. The first kappa shape index (κ1) is 17.3. The van der Waals surface area contributed by atoms with Crippen LogP contribution in [0.4, 0.5) is 5.69 Å². The maximum absolute atomic E-state index is 11.6. The summed E-state index contributed by atoms with van der Waals surface area (Å²) in [7, 11) is -2.48. The molecule has 0 heterocycles. The number of nitrogens with zero attached hydrogens (tertiary/aromatic N) is 1. The molecule has 1 aromatic rings. The molecule has 0 aliphatic carbocycles. The van der Waals surface area contributed by atoms with Gasteiger partial charge in [-0.3, -0.25) is 10.1 Å². The minimum atomic E-state index is -3.73. The van der Waals surface area contributed by atoms with E-state index in [2.05, 4.69) is 10.0 Å². The summed E-state index contributed by atoms with van der Waals surface area (Å²) in [5.74, 6) is 0.0494. The van der Waals surface area contributed by atoms with Gasteiger partial charge in [0.05, 0.1) is 9.82 Å². The van der Waals surface area contributed by atoms with E-state index in [-0.39, 0.29) is 22.9 Å². The van der Waals surface area contributed by atoms with Crippen LogP contribution in [0, 0.1) is 10.1 Å². The number of rotatable bonds is 9. The molecule has 0 aromatic heterocycles. The van der Waals surface area contributed by atoms with E-state index >= 15 is 0 Å². The summed E-state index contributed by atoms with van der Waals surface area (Å²) in [5.41, 5.74) is -0.373. The molecule has 0 saturated carbocycles. The Hall–Kier alpha value is -1.71. The first-order chi connectivity index (χ1) is 9.92. The molecule has 9 heteroatoms. The third-order valence-corrected chi connectivity index (χ3v) is 4.08. The van der Waals surface area contributed by atoms with E-state index < -0.39 is 14.9 Å². The molecule has 0 radical (unpaired) electrons. The second-order valence-corrected chi connectivity index (χ2v) is 6.08. The highest BCUT2D eigenvalue weighted by Crippen LogP contribution is 2.29. The van der Waals surface area contributed by atoms with E-state index in [9.17, 15) is 18.5 Å². The maximum Gasteiger partial charge on any atom is 0.312 e. The van der Waals surface area contributed by atoms with Gasteiger partial charge in [0.1, 0.15) is 6.61 Å². The minimum absolute atomic E-state index is 0.0494. The molecule has 1 rings (SSSR count). The summed E-state index contributed by atoms with van der Waals surface area (Å²) in [4.78, 5) is 10.2. The number of ether oxygens (including phenoxy) is 1. The zero-order valence-corrected chi connectivity index (χ0v) is 12.8. The summed E-state index contributed by atoms with van der Waals surface area (Å²) < 4.78 is 30.7. The van der Waals surface area contributed by atoms with Crippen LogP contribution in [0.5, 0.6) is 5.75 Å². The van der Waals surface area contributed by atoms with E-state index in [1.54, 1.807) is 0 Å². The molecule has 0 saturated heterocycles. The molecule has 0 bridgehead atoms. The van der Waals surface area contributed by atoms with Crippen LogP contribution in [0.1, 0.15) is 13.3 Å². The molecule has 1 aromatic carbocycles. The monoisotopic (exact) mass is 317 g/mol. The van der Waals surface area contributed by atoms with Crippen LogP contribution < -0.4 is 14.8 Å². The van der Waals surface area contributed by atoms with Crippen molar-refractivity contribution in [1.82, 2.24) is 10.0 Å². The third-order valence-electron chi connectivity index (χ3n) is 2.67. The summed E-state index contributed by atoms with van der Waals surface area (Å²) in [6.07, 6.45) is 0.983. The molecule has 0 atom stereocenters. The topological polar surface area (TPSA) is 111 Å². The Balaban J connectivity index is 2.88. The number of hydrogen-bond acceptors (Lipinski definition) is 6. The van der Waals surface area contributed by atoms with E-state index in [1.165, 1.54) is 19.2 Å². The molecule has 0 aliphatic heterocycles. The lowest BCUT2D eigenvalue weighted by Crippen LogP contribution is -2.22. The number of benzene rings is 1. The highest BCUT2D eigenvalue weighted by Gasteiger charge is 2.21. The fourth-order valence-electron chi connectivity index (χ4n) is 1.58. The van der Waals surface area contributed by atoms with Gasteiger partial charge in [0.2, 0.25) is 10.0 Å². The van der Waals surface area contributed by atoms with Crippen molar-refractivity contribution >= 4 is 15.7 Å². The Morgan fingerprint density at radius 2 is 2.05 bits per heavy atom. The Morgan fingerprint density at radius 1 is 1.33 bits per heavy atom. The van der Waals surface area contributed by atoms with Crippen LogP contribution in [0.25, 0.3) is 0 Å². The zero-order chi connectivity index (χ0) is 15.9. The Bertz CT molecular complexity index is 589. The van der Waals surface area contributed by atoms with Gasteiger partial charge in [0.15, 0.2) is 5.75 Å². The predicted molar refractivity (Wildman–Crippen MR) is 78.0 cm³/mol. The molecule has 0 amide bonds. The summed E-state index contributed by atoms with van der Waals surface area (Å²) in [6, 6.07) is 3.55. The summed E-state index contributed by atoms with van der Waals surface area (Å²) in [6.45, 7) is 3.69. The van der Waals surface area contributed by atoms with Crippen LogP contribution in [-0.2, 0) is 10.0 Å². The van der Waals surface area contributed by atoms with Crippen LogP contribution >= 0.6 is 0 Å². The van der Waals surface area contributed by atoms with Gasteiger partial charge >= 0.3 is 5.69 Å². The highest BCUT2D eigenvalue weighted by atomic mass is 32.2. The van der Waals surface area contributed by atoms with E-state index in [1.807, 2.05) is 6.92 Å². The predicted octanol–water partition coefficient (Wildman–Crippen LogP) is 0.881. The van der Waals surface area contributed by atoms with Crippen LogP contribution in [-0.4, -0.2) is 40.1 Å². The van der Waals surface area contributed by atoms with Crippen molar-refractivity contribution < 1.29 is 18.1 Å². The van der Waals surface area contributed by atoms with Crippen molar-refractivity contribution in [2.24, 2.45) is 0 Å². The van der Waals surface area contributed by atoms with E-state index in [4.69, 9.17) is 4.74 Å². The van der Waals surface area contributed by atoms with Crippen molar-refractivity contribution in [3.05, 3.63) is 28.3 Å².